The van der Waals surface area contributed by atoms with Crippen LogP contribution in [0.2, 0.25) is 0 Å². The van der Waals surface area contributed by atoms with Crippen LogP contribution >= 0.6 is 0 Å². The molecule has 6 heteroatoms. The van der Waals surface area contributed by atoms with E-state index >= 15 is 0 Å². The number of aliphatic hydroxyl groups excluding tert-OH is 1. The van der Waals surface area contributed by atoms with Crippen molar-refractivity contribution in [3.8, 4) is 0 Å². The number of hydrogen-bond acceptors (Lipinski definition) is 4. The molecule has 0 atom stereocenters. The van der Waals surface area contributed by atoms with Crippen molar-refractivity contribution in [1.29, 1.82) is 0 Å². The van der Waals surface area contributed by atoms with Gasteiger partial charge < -0.3 is 10.4 Å². The van der Waals surface area contributed by atoms with Crippen LogP contribution in [0.1, 0.15) is 55.5 Å². The summed E-state index contributed by atoms with van der Waals surface area (Å²) in [4.78, 5) is 16.0. The topological polar surface area (TPSA) is 90.9 Å². The molecule has 0 saturated heterocycles. The van der Waals surface area contributed by atoms with Gasteiger partial charge in [0.25, 0.3) is 5.91 Å². The second-order valence-corrected chi connectivity index (χ2v) is 5.24. The molecule has 6 nitrogen and oxygen atoms in total. The first-order valence-electron chi connectivity index (χ1n) is 7.06. The molecular formula is C13H22N4O2. The number of H-pyrrole nitrogens is 1. The Morgan fingerprint density at radius 1 is 1.42 bits per heavy atom. The number of hydrogen-bond donors (Lipinski definition) is 3. The molecule has 3 N–H and O–H groups in total. The number of rotatable bonds is 5. The van der Waals surface area contributed by atoms with Gasteiger partial charge in [0.1, 0.15) is 5.82 Å². The summed E-state index contributed by atoms with van der Waals surface area (Å²) in [6.07, 6.45) is 5.23. The Morgan fingerprint density at radius 3 is 2.84 bits per heavy atom. The van der Waals surface area contributed by atoms with Crippen LogP contribution < -0.4 is 5.32 Å². The van der Waals surface area contributed by atoms with E-state index in [1.165, 1.54) is 0 Å². The van der Waals surface area contributed by atoms with E-state index in [9.17, 15) is 9.90 Å². The first-order chi connectivity index (χ1) is 9.19. The monoisotopic (exact) mass is 266 g/mol. The highest BCUT2D eigenvalue weighted by atomic mass is 16.3. The van der Waals surface area contributed by atoms with E-state index in [2.05, 4.69) is 27.4 Å². The molecule has 1 heterocycles. The molecule has 1 aromatic heterocycles. The highest BCUT2D eigenvalue weighted by Gasteiger charge is 2.20. The van der Waals surface area contributed by atoms with Crippen LogP contribution in [0.4, 0.5) is 0 Å². The number of nitrogens with one attached hydrogen (secondary N) is 2. The van der Waals surface area contributed by atoms with E-state index < -0.39 is 0 Å². The third-order valence-corrected chi connectivity index (χ3v) is 3.59. The molecule has 0 aliphatic heterocycles. The number of nitrogens with zero attached hydrogens (tertiary/aromatic N) is 2. The molecule has 0 spiro atoms. The lowest BCUT2D eigenvalue weighted by Gasteiger charge is -2.25. The zero-order valence-corrected chi connectivity index (χ0v) is 11.4. The van der Waals surface area contributed by atoms with Crippen molar-refractivity contribution in [2.75, 3.05) is 6.54 Å². The second kappa shape index (κ2) is 6.65. The zero-order chi connectivity index (χ0) is 13.7. The van der Waals surface area contributed by atoms with Gasteiger partial charge in [-0.3, -0.25) is 9.89 Å². The van der Waals surface area contributed by atoms with E-state index in [0.717, 1.165) is 44.3 Å². The molecule has 1 aromatic rings. The smallest absolute Gasteiger partial charge is 0.290 e. The number of amides is 1. The summed E-state index contributed by atoms with van der Waals surface area (Å²) in [5.74, 6) is 1.22. The first kappa shape index (κ1) is 14.0. The highest BCUT2D eigenvalue weighted by Crippen LogP contribution is 2.23. The van der Waals surface area contributed by atoms with Crippen molar-refractivity contribution < 1.29 is 9.90 Å². The third-order valence-electron chi connectivity index (χ3n) is 3.59. The van der Waals surface area contributed by atoms with Gasteiger partial charge in [-0.2, -0.15) is 0 Å². The number of aromatic nitrogens is 3. The predicted octanol–water partition coefficient (Wildman–Crippen LogP) is 1.04. The highest BCUT2D eigenvalue weighted by molar-refractivity contribution is 5.90. The molecule has 19 heavy (non-hydrogen) atoms. The van der Waals surface area contributed by atoms with E-state index in [4.69, 9.17) is 0 Å². The minimum Gasteiger partial charge on any atom is -0.393 e. The summed E-state index contributed by atoms with van der Waals surface area (Å²) >= 11 is 0. The number of carbonyl (C=O) groups excluding carboxylic acids is 1. The Labute approximate surface area is 113 Å². The molecule has 1 amide bonds. The van der Waals surface area contributed by atoms with Gasteiger partial charge in [0.15, 0.2) is 0 Å². The van der Waals surface area contributed by atoms with Gasteiger partial charge in [0.05, 0.1) is 6.10 Å². The van der Waals surface area contributed by atoms with E-state index in [1.54, 1.807) is 0 Å². The molecule has 1 aliphatic carbocycles. The van der Waals surface area contributed by atoms with Crippen molar-refractivity contribution in [3.63, 3.8) is 0 Å². The van der Waals surface area contributed by atoms with Crippen LogP contribution in [0.15, 0.2) is 0 Å². The van der Waals surface area contributed by atoms with Gasteiger partial charge in [0.2, 0.25) is 5.82 Å². The molecular weight excluding hydrogens is 244 g/mol. The molecule has 1 saturated carbocycles. The van der Waals surface area contributed by atoms with Crippen molar-refractivity contribution in [3.05, 3.63) is 11.6 Å². The van der Waals surface area contributed by atoms with Crippen molar-refractivity contribution in [2.45, 2.75) is 51.6 Å². The van der Waals surface area contributed by atoms with Gasteiger partial charge in [-0.15, -0.1) is 5.10 Å². The summed E-state index contributed by atoms with van der Waals surface area (Å²) in [6, 6.07) is 0. The van der Waals surface area contributed by atoms with Crippen molar-refractivity contribution >= 4 is 5.91 Å². The molecule has 0 radical (unpaired) electrons. The number of aromatic amines is 1. The van der Waals surface area contributed by atoms with Gasteiger partial charge >= 0.3 is 0 Å². The average molecular weight is 266 g/mol. The van der Waals surface area contributed by atoms with Crippen molar-refractivity contribution in [2.24, 2.45) is 5.92 Å². The van der Waals surface area contributed by atoms with Gasteiger partial charge in [-0.25, -0.2) is 4.98 Å². The van der Waals surface area contributed by atoms with Gasteiger partial charge in [0, 0.05) is 13.0 Å². The number of carbonyl (C=O) groups is 1. The predicted molar refractivity (Wildman–Crippen MR) is 70.7 cm³/mol. The molecule has 106 valence electrons. The lowest BCUT2D eigenvalue weighted by atomic mass is 9.87. The normalized spacial score (nSPS) is 23.3. The maximum atomic E-state index is 11.9. The zero-order valence-electron chi connectivity index (χ0n) is 11.4. The Bertz CT molecular complexity index is 411. The summed E-state index contributed by atoms with van der Waals surface area (Å²) in [5, 5.41) is 19.0. The van der Waals surface area contributed by atoms with Gasteiger partial charge in [-0.05, 0) is 38.0 Å². The standard InChI is InChI=1S/C13H22N4O2/c1-2-3-11-15-12(17-16-11)13(19)14-8-9-4-6-10(18)7-5-9/h9-10,18H,2-8H2,1H3,(H,14,19)(H,15,16,17). The van der Waals surface area contributed by atoms with Crippen LogP contribution in [-0.4, -0.2) is 38.8 Å². The molecule has 1 fully saturated rings. The summed E-state index contributed by atoms with van der Waals surface area (Å²) < 4.78 is 0. The third kappa shape index (κ3) is 4.02. The number of aryl methyl sites for hydroxylation is 1. The second-order valence-electron chi connectivity index (χ2n) is 5.24. The summed E-state index contributed by atoms with van der Waals surface area (Å²) in [7, 11) is 0. The number of aliphatic hydroxyl groups is 1. The Hall–Kier alpha value is -1.43. The fourth-order valence-electron chi connectivity index (χ4n) is 2.41. The van der Waals surface area contributed by atoms with Crippen LogP contribution in [-0.2, 0) is 6.42 Å². The van der Waals surface area contributed by atoms with Gasteiger partial charge in [-0.1, -0.05) is 6.92 Å². The Morgan fingerprint density at radius 2 is 2.16 bits per heavy atom. The maximum absolute atomic E-state index is 11.9. The fourth-order valence-corrected chi connectivity index (χ4v) is 2.41. The van der Waals surface area contributed by atoms with E-state index in [1.807, 2.05) is 0 Å². The molecule has 1 aliphatic rings. The molecule has 0 bridgehead atoms. The molecule has 2 rings (SSSR count). The quantitative estimate of drug-likeness (QED) is 0.742. The minimum atomic E-state index is -0.218. The first-order valence-corrected chi connectivity index (χ1v) is 7.06. The minimum absolute atomic E-state index is 0.156. The Balaban J connectivity index is 1.77. The molecule has 0 unspecified atom stereocenters. The van der Waals surface area contributed by atoms with E-state index in [-0.39, 0.29) is 17.8 Å². The largest absolute Gasteiger partial charge is 0.393 e. The van der Waals surface area contributed by atoms with Crippen LogP contribution in [0.5, 0.6) is 0 Å². The average Bonchev–Trinajstić information content (AvgIpc) is 2.87. The van der Waals surface area contributed by atoms with Crippen LogP contribution in [0.3, 0.4) is 0 Å². The van der Waals surface area contributed by atoms with E-state index in [0.29, 0.717) is 12.5 Å². The SMILES string of the molecule is CCCc1nc(C(=O)NCC2CCC(O)CC2)n[nH]1. The summed E-state index contributed by atoms with van der Waals surface area (Å²) in [5.41, 5.74) is 0. The summed E-state index contributed by atoms with van der Waals surface area (Å²) in [6.45, 7) is 2.70. The maximum Gasteiger partial charge on any atom is 0.290 e. The molecule has 0 aromatic carbocycles. The van der Waals surface area contributed by atoms with Crippen LogP contribution in [0.25, 0.3) is 0 Å². The lowest BCUT2D eigenvalue weighted by Crippen LogP contribution is -2.32. The fraction of sp³-hybridized carbons (Fsp3) is 0.769. The van der Waals surface area contributed by atoms with Crippen molar-refractivity contribution in [1.82, 2.24) is 20.5 Å². The lowest BCUT2D eigenvalue weighted by molar-refractivity contribution is 0.0901. The van der Waals surface area contributed by atoms with Crippen LogP contribution in [0, 0.1) is 5.92 Å². The Kier molecular flexibility index (Phi) is 4.90.